The molecule has 0 spiro atoms. The summed E-state index contributed by atoms with van der Waals surface area (Å²) in [5.74, 6) is 0.523. The molecule has 0 N–H and O–H groups in total. The van der Waals surface area contributed by atoms with Crippen molar-refractivity contribution in [3.8, 4) is 0 Å². The summed E-state index contributed by atoms with van der Waals surface area (Å²) < 4.78 is 0. The first kappa shape index (κ1) is 10.3. The molecule has 0 radical (unpaired) electrons. The van der Waals surface area contributed by atoms with Crippen LogP contribution in [-0.4, -0.2) is 37.7 Å². The van der Waals surface area contributed by atoms with Crippen molar-refractivity contribution < 1.29 is 0 Å². The average molecular weight is 110 g/mol. The Bertz CT molecular complexity index is 17.9. The molecule has 0 aliphatic rings. The van der Waals surface area contributed by atoms with E-state index in [1.54, 1.807) is 0 Å². The Kier molecular flexibility index (Phi) is 10.7. The number of hydrogen-bond acceptors (Lipinski definition) is 0. The van der Waals surface area contributed by atoms with Crippen molar-refractivity contribution in [1.82, 2.24) is 0 Å². The van der Waals surface area contributed by atoms with E-state index in [1.165, 1.54) is 0 Å². The van der Waals surface area contributed by atoms with Gasteiger partial charge in [0.2, 0.25) is 0 Å². The summed E-state index contributed by atoms with van der Waals surface area (Å²) in [4.78, 5) is 0. The molecule has 0 nitrogen and oxygen atoms in total. The van der Waals surface area contributed by atoms with Gasteiger partial charge in [-0.1, -0.05) is 6.92 Å². The van der Waals surface area contributed by atoms with Gasteiger partial charge in [-0.2, -0.15) is 0 Å². The first-order chi connectivity index (χ1) is 2.27. The van der Waals surface area contributed by atoms with Gasteiger partial charge in [0.05, 0.1) is 0 Å². The van der Waals surface area contributed by atoms with Gasteiger partial charge in [0.25, 0.3) is 0 Å². The van der Waals surface area contributed by atoms with Crippen molar-refractivity contribution in [1.29, 1.82) is 0 Å². The summed E-state index contributed by atoms with van der Waals surface area (Å²) in [6.45, 7) is 9.37. The Morgan fingerprint density at radius 2 is 1.83 bits per heavy atom. The predicted molar refractivity (Wildman–Crippen MR) is 30.2 cm³/mol. The molecule has 0 aliphatic heterocycles. The quantitative estimate of drug-likeness (QED) is 0.352. The molecule has 1 atom stereocenters. The van der Waals surface area contributed by atoms with Crippen LogP contribution in [0.5, 0.6) is 0 Å². The standard InChI is InChI=1S/C5H10.Ca/c1-4-5(2)3;/h5H,1-2,4H2,3H3;/q-2;+2. The smallest absolute Gasteiger partial charge is 0.345 e. The first-order valence-electron chi connectivity index (χ1n) is 1.89. The summed E-state index contributed by atoms with van der Waals surface area (Å²) in [5.41, 5.74) is 0. The van der Waals surface area contributed by atoms with Crippen LogP contribution in [0.15, 0.2) is 0 Å². The SMILES string of the molecule is [CH2-]CC([CH2-])C.[Ca+2]. The van der Waals surface area contributed by atoms with E-state index in [-0.39, 0.29) is 37.7 Å². The first-order valence-corrected chi connectivity index (χ1v) is 1.89. The van der Waals surface area contributed by atoms with E-state index in [0.717, 1.165) is 6.42 Å². The van der Waals surface area contributed by atoms with Crippen LogP contribution in [0.1, 0.15) is 13.3 Å². The molecule has 0 saturated heterocycles. The Labute approximate surface area is 70.3 Å². The number of hydrogen-bond donors (Lipinski definition) is 0. The van der Waals surface area contributed by atoms with Crippen molar-refractivity contribution >= 4 is 37.7 Å². The van der Waals surface area contributed by atoms with E-state index in [9.17, 15) is 0 Å². The minimum absolute atomic E-state index is 0. The van der Waals surface area contributed by atoms with Gasteiger partial charge < -0.3 is 13.8 Å². The Balaban J connectivity index is 0. The zero-order chi connectivity index (χ0) is 4.28. The molecule has 0 aromatic carbocycles. The Morgan fingerprint density at radius 3 is 1.83 bits per heavy atom. The van der Waals surface area contributed by atoms with Crippen LogP contribution in [0.4, 0.5) is 0 Å². The fourth-order valence-corrected chi connectivity index (χ4v) is 0. The van der Waals surface area contributed by atoms with E-state index >= 15 is 0 Å². The predicted octanol–water partition coefficient (Wildman–Crippen LogP) is 1.30. The van der Waals surface area contributed by atoms with Gasteiger partial charge in [0.1, 0.15) is 0 Å². The molecule has 0 amide bonds. The van der Waals surface area contributed by atoms with E-state index in [2.05, 4.69) is 13.8 Å². The molecule has 0 rings (SSSR count). The normalized spacial score (nSPS) is 12.5. The van der Waals surface area contributed by atoms with Crippen LogP contribution in [-0.2, 0) is 0 Å². The Hall–Kier alpha value is 1.26. The van der Waals surface area contributed by atoms with E-state index in [0.29, 0.717) is 5.92 Å². The molecule has 1 unspecified atom stereocenters. The van der Waals surface area contributed by atoms with Gasteiger partial charge in [-0.05, 0) is 0 Å². The van der Waals surface area contributed by atoms with Crippen molar-refractivity contribution in [2.75, 3.05) is 0 Å². The monoisotopic (exact) mass is 110 g/mol. The van der Waals surface area contributed by atoms with Gasteiger partial charge in [0.15, 0.2) is 0 Å². The van der Waals surface area contributed by atoms with Gasteiger partial charge >= 0.3 is 37.7 Å². The maximum atomic E-state index is 3.69. The number of rotatable bonds is 1. The summed E-state index contributed by atoms with van der Waals surface area (Å²) in [7, 11) is 0. The minimum atomic E-state index is 0. The Morgan fingerprint density at radius 1 is 1.67 bits per heavy atom. The summed E-state index contributed by atoms with van der Waals surface area (Å²) in [6, 6.07) is 0. The summed E-state index contributed by atoms with van der Waals surface area (Å²) >= 11 is 0. The third-order valence-corrected chi connectivity index (χ3v) is 0.493. The fraction of sp³-hybridized carbons (Fsp3) is 0.600. The average Bonchev–Trinajstić information content (AvgIpc) is 1.38. The summed E-state index contributed by atoms with van der Waals surface area (Å²) in [6.07, 6.45) is 0.944. The topological polar surface area (TPSA) is 0 Å². The van der Waals surface area contributed by atoms with Crippen LogP contribution in [0, 0.1) is 19.8 Å². The van der Waals surface area contributed by atoms with Crippen LogP contribution < -0.4 is 0 Å². The van der Waals surface area contributed by atoms with Gasteiger partial charge in [-0.3, -0.25) is 0 Å². The van der Waals surface area contributed by atoms with E-state index < -0.39 is 0 Å². The summed E-state index contributed by atoms with van der Waals surface area (Å²) in [5, 5.41) is 0. The van der Waals surface area contributed by atoms with Gasteiger partial charge in [0, 0.05) is 0 Å². The van der Waals surface area contributed by atoms with Gasteiger partial charge in [-0.15, -0.1) is 0 Å². The molecule has 0 aliphatic carbocycles. The molecular formula is C5H10Ca. The fourth-order valence-electron chi connectivity index (χ4n) is 0. The van der Waals surface area contributed by atoms with Crippen LogP contribution in [0.25, 0.3) is 0 Å². The van der Waals surface area contributed by atoms with Crippen molar-refractivity contribution in [2.24, 2.45) is 5.92 Å². The molecule has 0 saturated carbocycles. The molecule has 6 heavy (non-hydrogen) atoms. The molecule has 32 valence electrons. The third-order valence-electron chi connectivity index (χ3n) is 0.493. The minimum Gasteiger partial charge on any atom is -0.345 e. The molecule has 1 heteroatoms. The molecule has 0 aromatic rings. The van der Waals surface area contributed by atoms with Crippen molar-refractivity contribution in [2.45, 2.75) is 13.3 Å². The van der Waals surface area contributed by atoms with Crippen LogP contribution in [0.2, 0.25) is 0 Å². The van der Waals surface area contributed by atoms with Crippen molar-refractivity contribution in [3.05, 3.63) is 13.8 Å². The second kappa shape index (κ2) is 6.26. The van der Waals surface area contributed by atoms with Crippen molar-refractivity contribution in [3.63, 3.8) is 0 Å². The zero-order valence-electron chi connectivity index (χ0n) is 4.41. The molecule has 0 aromatic heterocycles. The van der Waals surface area contributed by atoms with Crippen LogP contribution in [0.3, 0.4) is 0 Å². The molecule has 0 heterocycles. The maximum absolute atomic E-state index is 3.69. The third kappa shape index (κ3) is 8.98. The van der Waals surface area contributed by atoms with E-state index in [4.69, 9.17) is 0 Å². The molecular weight excluding hydrogens is 100 g/mol. The largest absolute Gasteiger partial charge is 2.00 e. The zero-order valence-corrected chi connectivity index (χ0v) is 6.61. The molecule has 0 fully saturated rings. The second-order valence-corrected chi connectivity index (χ2v) is 1.39. The maximum Gasteiger partial charge on any atom is 2.00 e. The van der Waals surface area contributed by atoms with E-state index in [1.807, 2.05) is 6.92 Å². The van der Waals surface area contributed by atoms with Crippen LogP contribution >= 0.6 is 0 Å². The second-order valence-electron chi connectivity index (χ2n) is 1.39. The molecule has 0 bridgehead atoms. The van der Waals surface area contributed by atoms with Gasteiger partial charge in [-0.25, -0.2) is 12.3 Å².